The molecule has 0 bridgehead atoms. The Labute approximate surface area is 100 Å². The zero-order valence-electron chi connectivity index (χ0n) is 8.82. The highest BCUT2D eigenvalue weighted by Crippen LogP contribution is 2.34. The second-order valence-electron chi connectivity index (χ2n) is 3.70. The highest BCUT2D eigenvalue weighted by atomic mass is 32.2. The number of hydrogen-bond acceptors (Lipinski definition) is 4. The van der Waals surface area contributed by atoms with Crippen molar-refractivity contribution in [3.63, 3.8) is 0 Å². The molecular weight excluding hydrogens is 273 g/mol. The Morgan fingerprint density at radius 1 is 1.17 bits per heavy atom. The molecule has 0 saturated heterocycles. The van der Waals surface area contributed by atoms with Crippen LogP contribution in [-0.2, 0) is 16.5 Å². The molecule has 0 atom stereocenters. The van der Waals surface area contributed by atoms with E-state index in [1.807, 2.05) is 0 Å². The van der Waals surface area contributed by atoms with Crippen LogP contribution in [0.5, 0.6) is 5.75 Å². The molecule has 4 nitrogen and oxygen atoms in total. The average molecular weight is 280 g/mol. The van der Waals surface area contributed by atoms with Gasteiger partial charge in [0.25, 0.3) is 0 Å². The van der Waals surface area contributed by atoms with Gasteiger partial charge >= 0.3 is 15.6 Å². The van der Waals surface area contributed by atoms with E-state index in [2.05, 4.69) is 4.18 Å². The summed E-state index contributed by atoms with van der Waals surface area (Å²) < 4.78 is 62.3. The van der Waals surface area contributed by atoms with Crippen molar-refractivity contribution in [2.24, 2.45) is 0 Å². The molecule has 0 unspecified atom stereocenters. The molecule has 0 aromatic heterocycles. The molecule has 0 amide bonds. The molecule has 1 aromatic rings. The first kappa shape index (κ1) is 12.9. The van der Waals surface area contributed by atoms with E-state index < -0.39 is 27.2 Å². The molecule has 18 heavy (non-hydrogen) atoms. The Morgan fingerprint density at radius 2 is 1.83 bits per heavy atom. The SMILES string of the molecule is O=C1CCc2cccc(OS(=O)(=O)C(F)(F)F)c21. The number of halogens is 3. The Balaban J connectivity index is 2.44. The van der Waals surface area contributed by atoms with Gasteiger partial charge in [-0.25, -0.2) is 0 Å². The fourth-order valence-corrected chi connectivity index (χ4v) is 2.18. The number of benzene rings is 1. The fraction of sp³-hybridized carbons (Fsp3) is 0.300. The lowest BCUT2D eigenvalue weighted by molar-refractivity contribution is -0.0500. The maximum atomic E-state index is 12.2. The van der Waals surface area contributed by atoms with Crippen molar-refractivity contribution in [3.05, 3.63) is 29.3 Å². The molecule has 1 aromatic carbocycles. The summed E-state index contributed by atoms with van der Waals surface area (Å²) in [5.74, 6) is -0.981. The van der Waals surface area contributed by atoms with Crippen LogP contribution in [0, 0.1) is 0 Å². The van der Waals surface area contributed by atoms with E-state index in [0.29, 0.717) is 12.0 Å². The van der Waals surface area contributed by atoms with Crippen LogP contribution in [0.15, 0.2) is 18.2 Å². The smallest absolute Gasteiger partial charge is 0.375 e. The minimum absolute atomic E-state index is 0.0784. The summed E-state index contributed by atoms with van der Waals surface area (Å²) in [7, 11) is -5.75. The number of rotatable bonds is 2. The van der Waals surface area contributed by atoms with Crippen molar-refractivity contribution in [2.45, 2.75) is 18.3 Å². The molecule has 0 heterocycles. The molecule has 0 fully saturated rings. The van der Waals surface area contributed by atoms with Crippen LogP contribution < -0.4 is 4.18 Å². The van der Waals surface area contributed by atoms with Gasteiger partial charge < -0.3 is 4.18 Å². The minimum atomic E-state index is -5.75. The predicted octanol–water partition coefficient (Wildman–Crippen LogP) is 2.04. The van der Waals surface area contributed by atoms with Crippen LogP contribution in [0.2, 0.25) is 0 Å². The number of fused-ring (bicyclic) bond motifs is 1. The lowest BCUT2D eigenvalue weighted by Gasteiger charge is -2.11. The zero-order chi connectivity index (χ0) is 13.6. The van der Waals surface area contributed by atoms with Crippen LogP contribution in [0.4, 0.5) is 13.2 Å². The minimum Gasteiger partial charge on any atom is -0.375 e. The van der Waals surface area contributed by atoms with Crippen molar-refractivity contribution >= 4 is 15.9 Å². The molecule has 2 rings (SSSR count). The van der Waals surface area contributed by atoms with Crippen molar-refractivity contribution < 1.29 is 30.6 Å². The van der Waals surface area contributed by atoms with Gasteiger partial charge in [0.2, 0.25) is 0 Å². The quantitative estimate of drug-likeness (QED) is 0.614. The Kier molecular flexibility index (Phi) is 2.84. The summed E-state index contributed by atoms with van der Waals surface area (Å²) in [6.07, 6.45) is 0.513. The fourth-order valence-electron chi connectivity index (χ4n) is 1.71. The molecule has 0 radical (unpaired) electrons. The lowest BCUT2D eigenvalue weighted by atomic mass is 10.1. The summed E-state index contributed by atoms with van der Waals surface area (Å²) in [4.78, 5) is 11.5. The lowest BCUT2D eigenvalue weighted by Crippen LogP contribution is -2.28. The zero-order valence-corrected chi connectivity index (χ0v) is 9.64. The summed E-state index contributed by atoms with van der Waals surface area (Å²) in [6.45, 7) is 0. The third-order valence-electron chi connectivity index (χ3n) is 2.50. The number of carbonyl (C=O) groups is 1. The molecule has 0 aliphatic heterocycles. The highest BCUT2D eigenvalue weighted by molar-refractivity contribution is 7.88. The topological polar surface area (TPSA) is 60.4 Å². The monoisotopic (exact) mass is 280 g/mol. The summed E-state index contributed by atoms with van der Waals surface area (Å²) in [5, 5.41) is 0. The second kappa shape index (κ2) is 3.98. The van der Waals surface area contributed by atoms with Crippen LogP contribution in [-0.4, -0.2) is 19.7 Å². The average Bonchev–Trinajstić information content (AvgIpc) is 2.59. The number of alkyl halides is 3. The molecular formula is C10H7F3O4S. The molecule has 8 heteroatoms. The van der Waals surface area contributed by atoms with Crippen molar-refractivity contribution in [3.8, 4) is 5.75 Å². The van der Waals surface area contributed by atoms with Gasteiger partial charge in [0.1, 0.15) is 0 Å². The van der Waals surface area contributed by atoms with E-state index in [9.17, 15) is 26.4 Å². The molecule has 1 aliphatic carbocycles. The van der Waals surface area contributed by atoms with Gasteiger partial charge in [-0.1, -0.05) is 12.1 Å². The number of ketones is 1. The van der Waals surface area contributed by atoms with Gasteiger partial charge in [-0.05, 0) is 18.1 Å². The molecule has 1 aliphatic rings. The van der Waals surface area contributed by atoms with Crippen molar-refractivity contribution in [2.75, 3.05) is 0 Å². The van der Waals surface area contributed by atoms with Gasteiger partial charge in [-0.15, -0.1) is 0 Å². The molecule has 0 saturated carbocycles. The Morgan fingerprint density at radius 3 is 2.44 bits per heavy atom. The first-order chi connectivity index (χ1) is 8.22. The van der Waals surface area contributed by atoms with Crippen LogP contribution >= 0.6 is 0 Å². The standard InChI is InChI=1S/C10H7F3O4S/c11-10(12,13)18(15,16)17-8-3-1-2-6-4-5-7(14)9(6)8/h1-3H,4-5H2. The van der Waals surface area contributed by atoms with E-state index in [0.717, 1.165) is 6.07 Å². The highest BCUT2D eigenvalue weighted by Gasteiger charge is 2.49. The molecule has 98 valence electrons. The summed E-state index contributed by atoms with van der Waals surface area (Å²) in [6, 6.07) is 3.93. The van der Waals surface area contributed by atoms with Crippen molar-refractivity contribution in [1.82, 2.24) is 0 Å². The van der Waals surface area contributed by atoms with Crippen LogP contribution in [0.25, 0.3) is 0 Å². The number of aryl methyl sites for hydroxylation is 1. The Hall–Kier alpha value is -1.57. The first-order valence-corrected chi connectivity index (χ1v) is 6.29. The summed E-state index contributed by atoms with van der Waals surface area (Å²) >= 11 is 0. The maximum Gasteiger partial charge on any atom is 0.534 e. The molecule has 0 spiro atoms. The third kappa shape index (κ3) is 2.07. The van der Waals surface area contributed by atoms with E-state index >= 15 is 0 Å². The van der Waals surface area contributed by atoms with Gasteiger partial charge in [0.15, 0.2) is 11.5 Å². The normalized spacial score (nSPS) is 15.6. The number of carbonyl (C=O) groups excluding carboxylic acids is 1. The summed E-state index contributed by atoms with van der Waals surface area (Å²) in [5.41, 5.74) is -5.10. The third-order valence-corrected chi connectivity index (χ3v) is 3.46. The number of Topliss-reactive ketones (excluding diaryl/α,β-unsaturated/α-hetero) is 1. The van der Waals surface area contributed by atoms with Gasteiger partial charge in [0.05, 0.1) is 5.56 Å². The number of hydrogen-bond donors (Lipinski definition) is 0. The van der Waals surface area contributed by atoms with Crippen LogP contribution in [0.1, 0.15) is 22.3 Å². The van der Waals surface area contributed by atoms with E-state index in [4.69, 9.17) is 0 Å². The van der Waals surface area contributed by atoms with Crippen LogP contribution in [0.3, 0.4) is 0 Å². The largest absolute Gasteiger partial charge is 0.534 e. The predicted molar refractivity (Wildman–Crippen MR) is 54.7 cm³/mol. The Bertz CT molecular complexity index is 604. The van der Waals surface area contributed by atoms with Gasteiger partial charge in [-0.2, -0.15) is 21.6 Å². The first-order valence-electron chi connectivity index (χ1n) is 4.88. The van der Waals surface area contributed by atoms with E-state index in [1.165, 1.54) is 6.07 Å². The van der Waals surface area contributed by atoms with Gasteiger partial charge in [-0.3, -0.25) is 4.79 Å². The second-order valence-corrected chi connectivity index (χ2v) is 5.23. The van der Waals surface area contributed by atoms with Gasteiger partial charge in [0, 0.05) is 6.42 Å². The van der Waals surface area contributed by atoms with Crippen molar-refractivity contribution in [1.29, 1.82) is 0 Å². The molecule has 0 N–H and O–H groups in total. The maximum absolute atomic E-state index is 12.2. The van der Waals surface area contributed by atoms with E-state index in [1.54, 1.807) is 6.07 Å². The van der Waals surface area contributed by atoms with E-state index in [-0.39, 0.29) is 12.0 Å².